The zero-order chi connectivity index (χ0) is 14.6. The smallest absolute Gasteiger partial charge is 0.213 e. The van der Waals surface area contributed by atoms with E-state index in [0.717, 1.165) is 24.0 Å². The van der Waals surface area contributed by atoms with Crippen molar-refractivity contribution in [2.75, 3.05) is 17.2 Å². The molecule has 108 valence electrons. The number of nitrogens with zero attached hydrogens (tertiary/aromatic N) is 4. The van der Waals surface area contributed by atoms with Crippen LogP contribution >= 0.6 is 0 Å². The standard InChI is InChI=1S/C13H20N6O/c1-5-14-9-6-10(15-7-11-16-8-20-19-11)18-12(17-9)13(2,3)4/h6,8H,5,7H2,1-4H3,(H2,14,15,17,18). The third kappa shape index (κ3) is 3.66. The van der Waals surface area contributed by atoms with Gasteiger partial charge in [0.1, 0.15) is 17.5 Å². The van der Waals surface area contributed by atoms with Crippen LogP contribution in [0.3, 0.4) is 0 Å². The van der Waals surface area contributed by atoms with Crippen LogP contribution in [0, 0.1) is 0 Å². The molecule has 2 rings (SSSR count). The van der Waals surface area contributed by atoms with E-state index in [0.29, 0.717) is 12.4 Å². The van der Waals surface area contributed by atoms with Gasteiger partial charge in [0.05, 0.1) is 6.54 Å². The summed E-state index contributed by atoms with van der Waals surface area (Å²) in [5.41, 5.74) is -0.117. The maximum atomic E-state index is 4.70. The summed E-state index contributed by atoms with van der Waals surface area (Å²) in [6, 6.07) is 1.87. The van der Waals surface area contributed by atoms with E-state index in [4.69, 9.17) is 4.52 Å². The van der Waals surface area contributed by atoms with Crippen LogP contribution in [0.4, 0.5) is 11.6 Å². The molecule has 0 atom stereocenters. The van der Waals surface area contributed by atoms with Gasteiger partial charge in [0, 0.05) is 18.0 Å². The number of nitrogens with one attached hydrogen (secondary N) is 2. The van der Waals surface area contributed by atoms with Gasteiger partial charge in [-0.15, -0.1) is 0 Å². The molecule has 0 saturated carbocycles. The van der Waals surface area contributed by atoms with Crippen LogP contribution < -0.4 is 10.6 Å². The largest absolute Gasteiger partial charge is 0.370 e. The summed E-state index contributed by atoms with van der Waals surface area (Å²) in [6.07, 6.45) is 1.31. The highest BCUT2D eigenvalue weighted by molar-refractivity contribution is 5.48. The van der Waals surface area contributed by atoms with Crippen LogP contribution in [-0.4, -0.2) is 26.7 Å². The van der Waals surface area contributed by atoms with E-state index in [-0.39, 0.29) is 5.41 Å². The van der Waals surface area contributed by atoms with Crippen LogP contribution in [0.2, 0.25) is 0 Å². The molecule has 2 heterocycles. The lowest BCUT2D eigenvalue weighted by atomic mass is 9.96. The van der Waals surface area contributed by atoms with Crippen LogP contribution in [0.15, 0.2) is 17.0 Å². The Morgan fingerprint density at radius 1 is 1.15 bits per heavy atom. The zero-order valence-electron chi connectivity index (χ0n) is 12.3. The molecule has 20 heavy (non-hydrogen) atoms. The average Bonchev–Trinajstić information content (AvgIpc) is 2.88. The molecular weight excluding hydrogens is 256 g/mol. The molecule has 7 heteroatoms. The Labute approximate surface area is 118 Å². The summed E-state index contributed by atoms with van der Waals surface area (Å²) >= 11 is 0. The molecular formula is C13H20N6O. The van der Waals surface area contributed by atoms with Crippen molar-refractivity contribution in [1.29, 1.82) is 0 Å². The number of anilines is 2. The molecule has 0 aliphatic carbocycles. The first-order valence-electron chi connectivity index (χ1n) is 6.61. The SMILES string of the molecule is CCNc1cc(NCc2ncon2)nc(C(C)(C)C)n1. The van der Waals surface area contributed by atoms with Gasteiger partial charge in [0.15, 0.2) is 5.82 Å². The Kier molecular flexibility index (Phi) is 4.16. The highest BCUT2D eigenvalue weighted by Gasteiger charge is 2.19. The maximum absolute atomic E-state index is 4.70. The lowest BCUT2D eigenvalue weighted by Gasteiger charge is -2.19. The van der Waals surface area contributed by atoms with Gasteiger partial charge in [0.2, 0.25) is 6.39 Å². The van der Waals surface area contributed by atoms with Crippen LogP contribution in [0.1, 0.15) is 39.3 Å². The molecule has 0 aliphatic heterocycles. The van der Waals surface area contributed by atoms with Crippen molar-refractivity contribution in [3.8, 4) is 0 Å². The molecule has 0 radical (unpaired) electrons. The predicted molar refractivity (Wildman–Crippen MR) is 76.5 cm³/mol. The van der Waals surface area contributed by atoms with Crippen molar-refractivity contribution in [2.45, 2.75) is 39.7 Å². The minimum absolute atomic E-state index is 0.117. The van der Waals surface area contributed by atoms with Gasteiger partial charge in [-0.1, -0.05) is 25.9 Å². The van der Waals surface area contributed by atoms with Gasteiger partial charge in [-0.05, 0) is 6.92 Å². The Morgan fingerprint density at radius 2 is 1.85 bits per heavy atom. The van der Waals surface area contributed by atoms with Crippen molar-refractivity contribution in [2.24, 2.45) is 0 Å². The third-order valence-corrected chi connectivity index (χ3v) is 2.59. The van der Waals surface area contributed by atoms with E-state index in [1.54, 1.807) is 0 Å². The van der Waals surface area contributed by atoms with Gasteiger partial charge in [-0.2, -0.15) is 4.98 Å². The molecule has 0 saturated heterocycles. The summed E-state index contributed by atoms with van der Waals surface area (Å²) in [5, 5.41) is 10.1. The third-order valence-electron chi connectivity index (χ3n) is 2.59. The number of hydrogen-bond donors (Lipinski definition) is 2. The van der Waals surface area contributed by atoms with Crippen LogP contribution in [0.25, 0.3) is 0 Å². The molecule has 0 fully saturated rings. The molecule has 0 aromatic carbocycles. The van der Waals surface area contributed by atoms with Gasteiger partial charge in [-0.25, -0.2) is 9.97 Å². The zero-order valence-corrected chi connectivity index (χ0v) is 12.3. The molecule has 2 aromatic rings. The second kappa shape index (κ2) is 5.85. The fraction of sp³-hybridized carbons (Fsp3) is 0.538. The highest BCUT2D eigenvalue weighted by atomic mass is 16.5. The Hall–Kier alpha value is -2.18. The van der Waals surface area contributed by atoms with Gasteiger partial charge < -0.3 is 15.2 Å². The first-order valence-corrected chi connectivity index (χ1v) is 6.61. The van der Waals surface area contributed by atoms with Crippen LogP contribution in [0.5, 0.6) is 0 Å². The molecule has 2 N–H and O–H groups in total. The molecule has 0 amide bonds. The predicted octanol–water partition coefficient (Wildman–Crippen LogP) is 2.20. The highest BCUT2D eigenvalue weighted by Crippen LogP contribution is 2.22. The van der Waals surface area contributed by atoms with Gasteiger partial charge >= 0.3 is 0 Å². The second-order valence-corrected chi connectivity index (χ2v) is 5.44. The van der Waals surface area contributed by atoms with Crippen molar-refractivity contribution in [1.82, 2.24) is 20.1 Å². The fourth-order valence-electron chi connectivity index (χ4n) is 1.58. The summed E-state index contributed by atoms with van der Waals surface area (Å²) < 4.78 is 4.70. The van der Waals surface area contributed by atoms with E-state index in [9.17, 15) is 0 Å². The second-order valence-electron chi connectivity index (χ2n) is 5.44. The lowest BCUT2D eigenvalue weighted by Crippen LogP contribution is -2.18. The lowest BCUT2D eigenvalue weighted by molar-refractivity contribution is 0.411. The summed E-state index contributed by atoms with van der Waals surface area (Å²) in [6.45, 7) is 9.56. The van der Waals surface area contributed by atoms with E-state index < -0.39 is 0 Å². The van der Waals surface area contributed by atoms with E-state index >= 15 is 0 Å². The van der Waals surface area contributed by atoms with Crippen molar-refractivity contribution in [3.63, 3.8) is 0 Å². The number of rotatable bonds is 5. The Balaban J connectivity index is 2.20. The van der Waals surface area contributed by atoms with Crippen LogP contribution in [-0.2, 0) is 12.0 Å². The Bertz CT molecular complexity index is 546. The quantitative estimate of drug-likeness (QED) is 0.865. The molecule has 0 unspecified atom stereocenters. The molecule has 0 aliphatic rings. The monoisotopic (exact) mass is 276 g/mol. The number of hydrogen-bond acceptors (Lipinski definition) is 7. The van der Waals surface area contributed by atoms with E-state index in [2.05, 4.69) is 51.5 Å². The Morgan fingerprint density at radius 3 is 2.40 bits per heavy atom. The van der Waals surface area contributed by atoms with Crippen molar-refractivity contribution >= 4 is 11.6 Å². The average molecular weight is 276 g/mol. The normalized spacial score (nSPS) is 11.4. The molecule has 0 bridgehead atoms. The maximum Gasteiger partial charge on any atom is 0.213 e. The van der Waals surface area contributed by atoms with E-state index in [1.807, 2.05) is 13.0 Å². The van der Waals surface area contributed by atoms with Gasteiger partial charge in [0.25, 0.3) is 0 Å². The first kappa shape index (κ1) is 14.2. The first-order chi connectivity index (χ1) is 9.49. The summed E-state index contributed by atoms with van der Waals surface area (Å²) in [5.74, 6) is 2.92. The summed E-state index contributed by atoms with van der Waals surface area (Å²) in [4.78, 5) is 13.0. The molecule has 7 nitrogen and oxygen atoms in total. The minimum Gasteiger partial charge on any atom is -0.370 e. The molecule has 2 aromatic heterocycles. The van der Waals surface area contributed by atoms with Crippen molar-refractivity contribution in [3.05, 3.63) is 24.1 Å². The number of aromatic nitrogens is 4. The summed E-state index contributed by atoms with van der Waals surface area (Å²) in [7, 11) is 0. The minimum atomic E-state index is -0.117. The van der Waals surface area contributed by atoms with Gasteiger partial charge in [-0.3, -0.25) is 0 Å². The topological polar surface area (TPSA) is 88.8 Å². The molecule has 0 spiro atoms. The van der Waals surface area contributed by atoms with E-state index in [1.165, 1.54) is 6.39 Å². The van der Waals surface area contributed by atoms with Crippen molar-refractivity contribution < 1.29 is 4.52 Å². The fourth-order valence-corrected chi connectivity index (χ4v) is 1.58.